The number of carbonyl (C=O) groups excluding carboxylic acids is 1. The number of nitrogens with one attached hydrogen (secondary N) is 1. The Balaban J connectivity index is 1.80. The molecule has 1 amide bonds. The molecule has 3 aromatic rings. The second kappa shape index (κ2) is 8.00. The monoisotopic (exact) mass is 384 g/mol. The van der Waals surface area contributed by atoms with Gasteiger partial charge in [-0.1, -0.05) is 30.0 Å². The van der Waals surface area contributed by atoms with E-state index in [-0.39, 0.29) is 17.3 Å². The number of para-hydroxylation sites is 1. The van der Waals surface area contributed by atoms with E-state index < -0.39 is 10.2 Å². The maximum absolute atomic E-state index is 12.6. The largest absolute Gasteiger partial charge is 0.495 e. The van der Waals surface area contributed by atoms with E-state index in [9.17, 15) is 14.9 Å². The van der Waals surface area contributed by atoms with Gasteiger partial charge in [-0.2, -0.15) is 0 Å². The number of fused-ring (bicyclic) bond motifs is 1. The van der Waals surface area contributed by atoms with Crippen molar-refractivity contribution >= 4 is 39.9 Å². The normalized spacial score (nSPS) is 11.8. The fourth-order valence-corrected chi connectivity index (χ4v) is 3.34. The highest BCUT2D eigenvalue weighted by Crippen LogP contribution is 2.31. The highest BCUT2D eigenvalue weighted by molar-refractivity contribution is 8.00. The van der Waals surface area contributed by atoms with Gasteiger partial charge in [0.2, 0.25) is 5.91 Å². The summed E-state index contributed by atoms with van der Waals surface area (Å²) in [6.45, 7) is 1.74. The number of nitrogens with zero attached hydrogens (tertiary/aromatic N) is 3. The van der Waals surface area contributed by atoms with Gasteiger partial charge in [0.05, 0.1) is 28.5 Å². The van der Waals surface area contributed by atoms with Crippen LogP contribution in [0.3, 0.4) is 0 Å². The molecule has 0 unspecified atom stereocenters. The number of ether oxygens (including phenoxy) is 1. The van der Waals surface area contributed by atoms with Crippen LogP contribution in [0.4, 0.5) is 11.4 Å². The lowest BCUT2D eigenvalue weighted by Crippen LogP contribution is -2.23. The van der Waals surface area contributed by atoms with Crippen molar-refractivity contribution in [2.24, 2.45) is 0 Å². The molecule has 1 N–H and O–H groups in total. The number of hydrogen-bond donors (Lipinski definition) is 1. The van der Waals surface area contributed by atoms with E-state index in [0.29, 0.717) is 10.8 Å². The Bertz CT molecular complexity index is 1010. The molecule has 0 spiro atoms. The number of anilines is 1. The zero-order chi connectivity index (χ0) is 19.4. The van der Waals surface area contributed by atoms with Gasteiger partial charge in [-0.15, -0.1) is 0 Å². The minimum Gasteiger partial charge on any atom is -0.495 e. The Morgan fingerprint density at radius 1 is 1.26 bits per heavy atom. The average Bonchev–Trinajstić information content (AvgIpc) is 2.68. The minimum atomic E-state index is -0.527. The van der Waals surface area contributed by atoms with Crippen LogP contribution >= 0.6 is 11.8 Å². The fraction of sp³-hybridized carbons (Fsp3) is 0.167. The van der Waals surface area contributed by atoms with Crippen molar-refractivity contribution in [3.63, 3.8) is 0 Å². The first kappa shape index (κ1) is 18.6. The zero-order valence-corrected chi connectivity index (χ0v) is 15.4. The van der Waals surface area contributed by atoms with Crippen LogP contribution in [0, 0.1) is 10.1 Å². The van der Waals surface area contributed by atoms with Crippen molar-refractivity contribution in [3.8, 4) is 5.75 Å². The summed E-state index contributed by atoms with van der Waals surface area (Å²) in [4.78, 5) is 31.5. The number of thioether (sulfide) groups is 1. The van der Waals surface area contributed by atoms with Crippen LogP contribution in [0.2, 0.25) is 0 Å². The van der Waals surface area contributed by atoms with Crippen molar-refractivity contribution in [1.82, 2.24) is 9.97 Å². The number of rotatable bonds is 6. The molecule has 0 bridgehead atoms. The van der Waals surface area contributed by atoms with E-state index in [4.69, 9.17) is 4.74 Å². The van der Waals surface area contributed by atoms with Crippen LogP contribution in [0.5, 0.6) is 5.75 Å². The van der Waals surface area contributed by atoms with Crippen molar-refractivity contribution in [2.45, 2.75) is 17.2 Å². The Morgan fingerprint density at radius 2 is 2.04 bits per heavy atom. The first-order valence-electron chi connectivity index (χ1n) is 7.99. The van der Waals surface area contributed by atoms with Crippen LogP contribution < -0.4 is 10.1 Å². The van der Waals surface area contributed by atoms with Crippen LogP contribution in [0.1, 0.15) is 6.92 Å². The Morgan fingerprint density at radius 3 is 2.78 bits per heavy atom. The minimum absolute atomic E-state index is 0.131. The molecule has 9 heteroatoms. The fourth-order valence-electron chi connectivity index (χ4n) is 2.44. The molecule has 0 aliphatic rings. The summed E-state index contributed by atoms with van der Waals surface area (Å²) in [5.74, 6) is 0.0279. The molecular formula is C18H16N4O4S. The third kappa shape index (κ3) is 4.14. The van der Waals surface area contributed by atoms with Crippen LogP contribution in [0.15, 0.2) is 53.8 Å². The number of amides is 1. The SMILES string of the molecule is COc1ccc([N+](=O)[O-])cc1NC(=O)[C@H](C)Sc1ncnc2ccccc12. The highest BCUT2D eigenvalue weighted by atomic mass is 32.2. The number of nitro groups is 1. The number of aromatic nitrogens is 2. The van der Waals surface area contributed by atoms with Crippen molar-refractivity contribution in [2.75, 3.05) is 12.4 Å². The van der Waals surface area contributed by atoms with Gasteiger partial charge in [0.25, 0.3) is 5.69 Å². The van der Waals surface area contributed by atoms with E-state index in [1.165, 1.54) is 43.4 Å². The van der Waals surface area contributed by atoms with Crippen molar-refractivity contribution in [1.29, 1.82) is 0 Å². The molecule has 3 rings (SSSR count). The number of hydrogen-bond acceptors (Lipinski definition) is 7. The first-order chi connectivity index (χ1) is 13.0. The van der Waals surface area contributed by atoms with Gasteiger partial charge in [0.15, 0.2) is 0 Å². The molecule has 0 aliphatic heterocycles. The molecule has 0 saturated carbocycles. The Kier molecular flexibility index (Phi) is 5.51. The first-order valence-corrected chi connectivity index (χ1v) is 8.87. The summed E-state index contributed by atoms with van der Waals surface area (Å²) in [5, 5.41) is 14.7. The van der Waals surface area contributed by atoms with E-state index in [2.05, 4.69) is 15.3 Å². The molecule has 2 aromatic carbocycles. The third-order valence-corrected chi connectivity index (χ3v) is 4.93. The smallest absolute Gasteiger partial charge is 0.271 e. The quantitative estimate of drug-likeness (QED) is 0.299. The molecule has 0 fully saturated rings. The Hall–Kier alpha value is -3.20. The van der Waals surface area contributed by atoms with Crippen LogP contribution in [0.25, 0.3) is 10.9 Å². The van der Waals surface area contributed by atoms with Crippen molar-refractivity contribution < 1.29 is 14.5 Å². The lowest BCUT2D eigenvalue weighted by atomic mass is 10.2. The lowest BCUT2D eigenvalue weighted by Gasteiger charge is -2.14. The summed E-state index contributed by atoms with van der Waals surface area (Å²) in [6.07, 6.45) is 1.46. The lowest BCUT2D eigenvalue weighted by molar-refractivity contribution is -0.384. The predicted octanol–water partition coefficient (Wildman–Crippen LogP) is 3.67. The number of non-ortho nitro benzene ring substituents is 1. The number of nitro benzene ring substituents is 1. The summed E-state index contributed by atoms with van der Waals surface area (Å²) in [6, 6.07) is 11.6. The molecular weight excluding hydrogens is 368 g/mol. The van der Waals surface area contributed by atoms with E-state index >= 15 is 0 Å². The molecule has 1 atom stereocenters. The standard InChI is InChI=1S/C18H16N4O4S/c1-11(27-18-13-5-3-4-6-14(13)19-10-20-18)17(23)21-15-9-12(22(24)25)7-8-16(15)26-2/h3-11H,1-2H3,(H,21,23)/t11-/m0/s1. The molecule has 1 heterocycles. The van der Waals surface area contributed by atoms with Gasteiger partial charge >= 0.3 is 0 Å². The summed E-state index contributed by atoms with van der Waals surface area (Å²) >= 11 is 1.29. The number of carbonyl (C=O) groups is 1. The molecule has 138 valence electrons. The molecule has 0 radical (unpaired) electrons. The van der Waals surface area contributed by atoms with Gasteiger partial charge in [0, 0.05) is 17.5 Å². The van der Waals surface area contributed by atoms with E-state index in [0.717, 1.165) is 10.9 Å². The number of methoxy groups -OCH3 is 1. The van der Waals surface area contributed by atoms with Gasteiger partial charge in [0.1, 0.15) is 17.1 Å². The maximum Gasteiger partial charge on any atom is 0.271 e. The number of benzene rings is 2. The van der Waals surface area contributed by atoms with Gasteiger partial charge in [-0.3, -0.25) is 14.9 Å². The van der Waals surface area contributed by atoms with Crippen molar-refractivity contribution in [3.05, 3.63) is 58.9 Å². The molecule has 0 saturated heterocycles. The van der Waals surface area contributed by atoms with E-state index in [1.807, 2.05) is 24.3 Å². The second-order valence-corrected chi connectivity index (χ2v) is 6.92. The van der Waals surface area contributed by atoms with Gasteiger partial charge in [-0.05, 0) is 19.1 Å². The average molecular weight is 384 g/mol. The topological polar surface area (TPSA) is 107 Å². The second-order valence-electron chi connectivity index (χ2n) is 5.59. The molecule has 8 nitrogen and oxygen atoms in total. The van der Waals surface area contributed by atoms with Crippen LogP contribution in [-0.4, -0.2) is 33.2 Å². The predicted molar refractivity (Wildman–Crippen MR) is 103 cm³/mol. The summed E-state index contributed by atoms with van der Waals surface area (Å²) < 4.78 is 5.17. The third-order valence-electron chi connectivity index (χ3n) is 3.82. The van der Waals surface area contributed by atoms with Gasteiger partial charge in [-0.25, -0.2) is 9.97 Å². The van der Waals surface area contributed by atoms with Crippen LogP contribution in [-0.2, 0) is 4.79 Å². The Labute approximate surface area is 159 Å². The van der Waals surface area contributed by atoms with E-state index in [1.54, 1.807) is 6.92 Å². The molecule has 27 heavy (non-hydrogen) atoms. The zero-order valence-electron chi connectivity index (χ0n) is 14.6. The summed E-state index contributed by atoms with van der Waals surface area (Å²) in [7, 11) is 1.43. The molecule has 1 aromatic heterocycles. The summed E-state index contributed by atoms with van der Waals surface area (Å²) in [5.41, 5.74) is 0.910. The maximum atomic E-state index is 12.6. The highest BCUT2D eigenvalue weighted by Gasteiger charge is 2.20. The molecule has 0 aliphatic carbocycles. The van der Waals surface area contributed by atoms with Gasteiger partial charge < -0.3 is 10.1 Å².